The summed E-state index contributed by atoms with van der Waals surface area (Å²) in [7, 11) is -2.64. The van der Waals surface area contributed by atoms with Crippen LogP contribution in [0.4, 0.5) is 4.39 Å². The van der Waals surface area contributed by atoms with Crippen LogP contribution in [0.2, 0.25) is 0 Å². The molecule has 0 saturated heterocycles. The van der Waals surface area contributed by atoms with E-state index in [1.165, 1.54) is 23.7 Å². The van der Waals surface area contributed by atoms with E-state index in [2.05, 4.69) is 4.98 Å². The summed E-state index contributed by atoms with van der Waals surface area (Å²) >= 11 is 0. The summed E-state index contributed by atoms with van der Waals surface area (Å²) in [5.41, 5.74) is 0.832. The van der Waals surface area contributed by atoms with Gasteiger partial charge in [-0.25, -0.2) is 9.37 Å². The van der Waals surface area contributed by atoms with Gasteiger partial charge in [0, 0.05) is 12.6 Å². The van der Waals surface area contributed by atoms with Gasteiger partial charge in [-0.3, -0.25) is 13.9 Å². The molecule has 2 N–H and O–H groups in total. The van der Waals surface area contributed by atoms with Crippen molar-refractivity contribution in [2.24, 2.45) is 7.05 Å². The molecule has 0 atom stereocenters. The van der Waals surface area contributed by atoms with Crippen molar-refractivity contribution in [3.05, 3.63) is 64.2 Å². The van der Waals surface area contributed by atoms with Crippen molar-refractivity contribution >= 4 is 18.5 Å². The minimum absolute atomic E-state index is 0.0677. The third-order valence-electron chi connectivity index (χ3n) is 3.65. The second kappa shape index (κ2) is 5.94. The summed E-state index contributed by atoms with van der Waals surface area (Å²) in [6, 6.07) is 10.6. The van der Waals surface area contributed by atoms with Crippen LogP contribution in [0.25, 0.3) is 22.3 Å². The van der Waals surface area contributed by atoms with Gasteiger partial charge in [0.2, 0.25) is 0 Å². The summed E-state index contributed by atoms with van der Waals surface area (Å²) in [4.78, 5) is 34.7. The fraction of sp³-hybridized carbons (Fsp3) is 0.125. The van der Waals surface area contributed by atoms with Crippen LogP contribution in [0.3, 0.4) is 0 Å². The molecular weight excluding hydrogens is 334 g/mol. The van der Waals surface area contributed by atoms with E-state index in [4.69, 9.17) is 9.79 Å². The third-order valence-corrected chi connectivity index (χ3v) is 4.43. The van der Waals surface area contributed by atoms with Crippen molar-refractivity contribution in [2.45, 2.75) is 6.16 Å². The molecule has 1 heterocycles. The van der Waals surface area contributed by atoms with Crippen molar-refractivity contribution in [3.8, 4) is 11.4 Å². The third kappa shape index (κ3) is 3.14. The van der Waals surface area contributed by atoms with E-state index >= 15 is 0 Å². The largest absolute Gasteiger partial charge is 0.329 e. The molecule has 0 fully saturated rings. The maximum atomic E-state index is 13.8. The van der Waals surface area contributed by atoms with Gasteiger partial charge >= 0.3 is 7.60 Å². The highest BCUT2D eigenvalue weighted by Crippen LogP contribution is 2.39. The Morgan fingerprint density at radius 3 is 2.46 bits per heavy atom. The van der Waals surface area contributed by atoms with E-state index in [9.17, 15) is 13.8 Å². The Kier molecular flexibility index (Phi) is 4.09. The second-order valence-corrected chi connectivity index (χ2v) is 7.10. The van der Waals surface area contributed by atoms with Crippen LogP contribution in [0.15, 0.2) is 47.3 Å². The number of halogens is 1. The van der Waals surface area contributed by atoms with Crippen LogP contribution in [0, 0.1) is 5.82 Å². The Morgan fingerprint density at radius 2 is 1.83 bits per heavy atom. The number of hydrogen-bond donors (Lipinski definition) is 2. The van der Waals surface area contributed by atoms with Crippen molar-refractivity contribution in [3.63, 3.8) is 0 Å². The first-order valence-corrected chi connectivity index (χ1v) is 8.85. The normalized spacial score (nSPS) is 11.8. The Bertz CT molecular complexity index is 1020. The number of nitrogens with zero attached hydrogens (tertiary/aromatic N) is 2. The number of rotatable bonds is 3. The van der Waals surface area contributed by atoms with E-state index in [1.54, 1.807) is 30.3 Å². The van der Waals surface area contributed by atoms with Crippen LogP contribution in [-0.2, 0) is 17.8 Å². The van der Waals surface area contributed by atoms with Crippen LogP contribution in [-0.4, -0.2) is 19.3 Å². The molecule has 3 aromatic rings. The Morgan fingerprint density at radius 1 is 1.17 bits per heavy atom. The fourth-order valence-electron chi connectivity index (χ4n) is 2.53. The van der Waals surface area contributed by atoms with E-state index in [0.29, 0.717) is 17.0 Å². The zero-order valence-electron chi connectivity index (χ0n) is 12.7. The van der Waals surface area contributed by atoms with E-state index in [1.807, 2.05) is 0 Å². The van der Waals surface area contributed by atoms with Gasteiger partial charge in [-0.15, -0.1) is 0 Å². The highest BCUT2D eigenvalue weighted by molar-refractivity contribution is 7.50. The molecule has 6 nitrogen and oxygen atoms in total. The fourth-order valence-corrected chi connectivity index (χ4v) is 3.21. The number of benzene rings is 2. The van der Waals surface area contributed by atoms with Gasteiger partial charge < -0.3 is 9.79 Å². The predicted molar refractivity (Wildman–Crippen MR) is 88.1 cm³/mol. The maximum Gasteiger partial charge on any atom is 0.329 e. The van der Waals surface area contributed by atoms with Gasteiger partial charge in [-0.1, -0.05) is 30.3 Å². The molecule has 0 bridgehead atoms. The molecular formula is C16H14FN2O4P. The van der Waals surface area contributed by atoms with Gasteiger partial charge in [0.25, 0.3) is 5.56 Å². The number of fused-ring (bicyclic) bond motifs is 1. The molecule has 0 amide bonds. The molecule has 3 rings (SSSR count). The van der Waals surface area contributed by atoms with Gasteiger partial charge in [-0.05, 0) is 17.7 Å². The molecule has 0 saturated carbocycles. The lowest BCUT2D eigenvalue weighted by Crippen LogP contribution is -2.21. The van der Waals surface area contributed by atoms with E-state index < -0.39 is 19.0 Å². The van der Waals surface area contributed by atoms with Crippen molar-refractivity contribution in [1.29, 1.82) is 0 Å². The Labute approximate surface area is 136 Å². The molecule has 8 heteroatoms. The molecule has 1 aromatic heterocycles. The van der Waals surface area contributed by atoms with E-state index in [-0.39, 0.29) is 17.1 Å². The zero-order valence-corrected chi connectivity index (χ0v) is 13.6. The van der Waals surface area contributed by atoms with Crippen LogP contribution < -0.4 is 5.56 Å². The quantitative estimate of drug-likeness (QED) is 0.709. The van der Waals surface area contributed by atoms with E-state index in [0.717, 1.165) is 0 Å². The molecule has 2 aromatic carbocycles. The number of aromatic nitrogens is 2. The van der Waals surface area contributed by atoms with Crippen LogP contribution in [0.1, 0.15) is 5.56 Å². The zero-order chi connectivity index (χ0) is 17.5. The summed E-state index contributed by atoms with van der Waals surface area (Å²) < 4.78 is 26.1. The summed E-state index contributed by atoms with van der Waals surface area (Å²) in [6.45, 7) is 0. The van der Waals surface area contributed by atoms with Gasteiger partial charge in [0.15, 0.2) is 0 Å². The first kappa shape index (κ1) is 16.5. The lowest BCUT2D eigenvalue weighted by molar-refractivity contribution is 0.371. The van der Waals surface area contributed by atoms with Gasteiger partial charge in [0.1, 0.15) is 17.0 Å². The SMILES string of the molecule is Cn1c(-c2ccc(CP(=O)(O)O)cc2)nc2cccc(F)c2c1=O. The average molecular weight is 348 g/mol. The first-order valence-electron chi connectivity index (χ1n) is 7.05. The molecule has 24 heavy (non-hydrogen) atoms. The second-order valence-electron chi connectivity index (χ2n) is 5.45. The topological polar surface area (TPSA) is 92.4 Å². The first-order chi connectivity index (χ1) is 11.3. The minimum Gasteiger partial charge on any atom is -0.324 e. The molecule has 0 unspecified atom stereocenters. The highest BCUT2D eigenvalue weighted by atomic mass is 31.2. The van der Waals surface area contributed by atoms with Crippen LogP contribution in [0.5, 0.6) is 0 Å². The molecule has 0 radical (unpaired) electrons. The van der Waals surface area contributed by atoms with Crippen molar-refractivity contribution < 1.29 is 18.7 Å². The lowest BCUT2D eigenvalue weighted by atomic mass is 10.1. The summed E-state index contributed by atoms with van der Waals surface area (Å²) in [5, 5.41) is -0.0677. The van der Waals surface area contributed by atoms with Gasteiger partial charge in [-0.2, -0.15) is 0 Å². The van der Waals surface area contributed by atoms with Crippen LogP contribution >= 0.6 is 7.60 Å². The molecule has 0 aliphatic carbocycles. The summed E-state index contributed by atoms with van der Waals surface area (Å²) in [5.74, 6) is -0.273. The van der Waals surface area contributed by atoms with Crippen molar-refractivity contribution in [2.75, 3.05) is 0 Å². The van der Waals surface area contributed by atoms with Crippen molar-refractivity contribution in [1.82, 2.24) is 9.55 Å². The standard InChI is InChI=1S/C16H14FN2O4P/c1-19-15(11-7-5-10(6-8-11)9-24(21,22)23)18-13-4-2-3-12(17)14(13)16(19)20/h2-8H,9H2,1H3,(H2,21,22,23). The monoisotopic (exact) mass is 348 g/mol. The molecule has 0 aliphatic heterocycles. The Hall–Kier alpha value is -2.34. The average Bonchev–Trinajstić information content (AvgIpc) is 2.50. The molecule has 0 aliphatic rings. The smallest absolute Gasteiger partial charge is 0.324 e. The lowest BCUT2D eigenvalue weighted by Gasteiger charge is -2.10. The molecule has 0 spiro atoms. The minimum atomic E-state index is -4.14. The number of hydrogen-bond acceptors (Lipinski definition) is 3. The molecule has 124 valence electrons. The van der Waals surface area contributed by atoms with Gasteiger partial charge in [0.05, 0.1) is 11.7 Å². The summed E-state index contributed by atoms with van der Waals surface area (Å²) in [6.07, 6.45) is -0.359. The highest BCUT2D eigenvalue weighted by Gasteiger charge is 2.15. The Balaban J connectivity index is 2.12. The predicted octanol–water partition coefficient (Wildman–Crippen LogP) is 2.42. The maximum absolute atomic E-state index is 13.8.